The van der Waals surface area contributed by atoms with E-state index in [4.69, 9.17) is 19.3 Å². The average Bonchev–Trinajstić information content (AvgIpc) is 3.47. The second-order valence-electron chi connectivity index (χ2n) is 8.12. The quantitative estimate of drug-likeness (QED) is 0.299. The summed E-state index contributed by atoms with van der Waals surface area (Å²) in [5.74, 6) is -1.31. The Labute approximate surface area is 202 Å². The van der Waals surface area contributed by atoms with E-state index in [0.717, 1.165) is 35.1 Å². The van der Waals surface area contributed by atoms with Crippen LogP contribution in [0.1, 0.15) is 66.4 Å². The molecule has 2 aliphatic rings. The minimum atomic E-state index is -0.966. The summed E-state index contributed by atoms with van der Waals surface area (Å²) in [5.41, 5.74) is 1.90. The lowest BCUT2D eigenvalue weighted by Crippen LogP contribution is -2.24. The summed E-state index contributed by atoms with van der Waals surface area (Å²) in [5, 5.41) is 10.1. The van der Waals surface area contributed by atoms with Crippen molar-refractivity contribution < 1.29 is 28.9 Å². The molecular formula is C22H24N4O6S2. The van der Waals surface area contributed by atoms with E-state index >= 15 is 0 Å². The van der Waals surface area contributed by atoms with Gasteiger partial charge in [-0.15, -0.1) is 0 Å². The maximum atomic E-state index is 11.5. The van der Waals surface area contributed by atoms with Crippen molar-refractivity contribution in [3.63, 3.8) is 0 Å². The average molecular weight is 505 g/mol. The SMILES string of the molecule is CCOC(=O)c1cc2sc(OC3CCC3)nc2[nH]1.O=C(O)c1cc2sc(OC3CCC3)nc2[nH]1. The van der Waals surface area contributed by atoms with E-state index in [1.54, 1.807) is 19.1 Å². The van der Waals surface area contributed by atoms with Crippen molar-refractivity contribution in [3.8, 4) is 10.4 Å². The number of hydrogen-bond acceptors (Lipinski definition) is 9. The van der Waals surface area contributed by atoms with E-state index in [-0.39, 0.29) is 11.7 Å². The molecule has 2 aliphatic carbocycles. The normalized spacial score (nSPS) is 15.9. The van der Waals surface area contributed by atoms with Gasteiger partial charge < -0.3 is 29.3 Å². The minimum Gasteiger partial charge on any atom is -0.477 e. The Bertz CT molecular complexity index is 1250. The maximum absolute atomic E-state index is 11.5. The number of fused-ring (bicyclic) bond motifs is 2. The van der Waals surface area contributed by atoms with Crippen molar-refractivity contribution in [1.29, 1.82) is 0 Å². The number of carboxylic acids is 1. The number of hydrogen-bond donors (Lipinski definition) is 3. The number of aromatic amines is 2. The van der Waals surface area contributed by atoms with Crippen LogP contribution in [0.3, 0.4) is 0 Å². The Morgan fingerprint density at radius 3 is 1.85 bits per heavy atom. The zero-order chi connectivity index (χ0) is 23.7. The van der Waals surface area contributed by atoms with Crippen LogP contribution in [0.5, 0.6) is 10.4 Å². The third kappa shape index (κ3) is 4.87. The molecule has 0 spiro atoms. The third-order valence-corrected chi connectivity index (χ3v) is 7.48. The highest BCUT2D eigenvalue weighted by molar-refractivity contribution is 7.20. The molecule has 0 bridgehead atoms. The fraction of sp³-hybridized carbons (Fsp3) is 0.455. The summed E-state index contributed by atoms with van der Waals surface area (Å²) < 4.78 is 18.0. The molecule has 4 aromatic rings. The van der Waals surface area contributed by atoms with Gasteiger partial charge in [-0.1, -0.05) is 22.7 Å². The van der Waals surface area contributed by atoms with Crippen LogP contribution in [0.4, 0.5) is 0 Å². The Balaban J connectivity index is 0.000000142. The molecule has 0 aliphatic heterocycles. The van der Waals surface area contributed by atoms with Crippen molar-refractivity contribution in [2.24, 2.45) is 0 Å². The second kappa shape index (κ2) is 9.63. The summed E-state index contributed by atoms with van der Waals surface area (Å²) >= 11 is 2.84. The van der Waals surface area contributed by atoms with Crippen molar-refractivity contribution in [2.75, 3.05) is 6.61 Å². The van der Waals surface area contributed by atoms with E-state index in [9.17, 15) is 9.59 Å². The Hall–Kier alpha value is -3.12. The molecule has 4 heterocycles. The van der Waals surface area contributed by atoms with E-state index < -0.39 is 5.97 Å². The van der Waals surface area contributed by atoms with Crippen LogP contribution < -0.4 is 9.47 Å². The molecule has 6 rings (SSSR count). The van der Waals surface area contributed by atoms with Gasteiger partial charge in [-0.3, -0.25) is 0 Å². The number of carboxylic acid groups (broad SMARTS) is 1. The number of H-pyrrole nitrogens is 2. The molecule has 0 saturated heterocycles. The fourth-order valence-corrected chi connectivity index (χ4v) is 5.14. The molecule has 10 nitrogen and oxygen atoms in total. The lowest BCUT2D eigenvalue weighted by Gasteiger charge is -2.24. The first-order valence-corrected chi connectivity index (χ1v) is 12.8. The lowest BCUT2D eigenvalue weighted by atomic mass is 9.96. The van der Waals surface area contributed by atoms with Gasteiger partial charge in [-0.2, -0.15) is 9.97 Å². The van der Waals surface area contributed by atoms with Gasteiger partial charge in [0.2, 0.25) is 0 Å². The standard InChI is InChI=1S/C12H14N2O3S.C10H10N2O3S/c1-2-16-11(15)8-6-9-10(13-8)14-12(18-9)17-7-4-3-5-7;13-9(14)6-4-7-8(11-6)12-10(16-7)15-5-2-1-3-5/h6-7,13H,2-5H2,1H3;4-5,11H,1-3H2,(H,13,14). The number of ether oxygens (including phenoxy) is 3. The van der Waals surface area contributed by atoms with Crippen LogP contribution in [-0.2, 0) is 4.74 Å². The topological polar surface area (TPSA) is 139 Å². The largest absolute Gasteiger partial charge is 0.477 e. The summed E-state index contributed by atoms with van der Waals surface area (Å²) in [6, 6.07) is 3.35. The molecule has 0 unspecified atom stereocenters. The van der Waals surface area contributed by atoms with Gasteiger partial charge in [0.15, 0.2) is 11.3 Å². The van der Waals surface area contributed by atoms with Gasteiger partial charge in [0.25, 0.3) is 10.4 Å². The smallest absolute Gasteiger partial charge is 0.354 e. The summed E-state index contributed by atoms with van der Waals surface area (Å²) in [6.07, 6.45) is 7.49. The number of nitrogens with one attached hydrogen (secondary N) is 2. The first kappa shape index (κ1) is 22.7. The van der Waals surface area contributed by atoms with Crippen LogP contribution in [0.15, 0.2) is 12.1 Å². The monoisotopic (exact) mass is 504 g/mol. The Kier molecular flexibility index (Phi) is 6.42. The molecule has 0 atom stereocenters. The van der Waals surface area contributed by atoms with Crippen LogP contribution in [0.2, 0.25) is 0 Å². The molecule has 0 aromatic carbocycles. The van der Waals surface area contributed by atoms with Gasteiger partial charge >= 0.3 is 11.9 Å². The summed E-state index contributed by atoms with van der Waals surface area (Å²) in [6.45, 7) is 2.15. The van der Waals surface area contributed by atoms with E-state index in [2.05, 4.69) is 19.9 Å². The van der Waals surface area contributed by atoms with Crippen molar-refractivity contribution in [3.05, 3.63) is 23.5 Å². The first-order valence-electron chi connectivity index (χ1n) is 11.2. The first-order chi connectivity index (χ1) is 16.5. The van der Waals surface area contributed by atoms with Gasteiger partial charge in [0.1, 0.15) is 23.6 Å². The predicted octanol–water partition coefficient (Wildman–Crippen LogP) is 4.99. The van der Waals surface area contributed by atoms with Crippen LogP contribution >= 0.6 is 22.7 Å². The highest BCUT2D eigenvalue weighted by Crippen LogP contribution is 2.33. The Morgan fingerprint density at radius 2 is 1.44 bits per heavy atom. The molecular weight excluding hydrogens is 480 g/mol. The number of aromatic carboxylic acids is 1. The van der Waals surface area contributed by atoms with Crippen molar-refractivity contribution in [1.82, 2.24) is 19.9 Å². The molecule has 3 N–H and O–H groups in total. The summed E-state index contributed by atoms with van der Waals surface area (Å²) in [7, 11) is 0. The number of nitrogens with zero attached hydrogens (tertiary/aromatic N) is 2. The molecule has 0 radical (unpaired) electrons. The van der Waals surface area contributed by atoms with E-state index in [0.29, 0.717) is 46.2 Å². The van der Waals surface area contributed by atoms with Crippen LogP contribution in [-0.4, -0.2) is 55.8 Å². The fourth-order valence-electron chi connectivity index (χ4n) is 3.38. The minimum absolute atomic E-state index is 0.170. The Morgan fingerprint density at radius 1 is 0.941 bits per heavy atom. The second-order valence-corrected chi connectivity index (χ2v) is 10.1. The third-order valence-electron chi connectivity index (χ3n) is 5.69. The van der Waals surface area contributed by atoms with Crippen molar-refractivity contribution >= 4 is 55.3 Å². The van der Waals surface area contributed by atoms with Gasteiger partial charge in [-0.25, -0.2) is 9.59 Å². The highest BCUT2D eigenvalue weighted by Gasteiger charge is 2.22. The number of esters is 1. The number of carbonyl (C=O) groups excluding carboxylic acids is 1. The highest BCUT2D eigenvalue weighted by atomic mass is 32.1. The zero-order valence-electron chi connectivity index (χ0n) is 18.5. The molecule has 0 amide bonds. The number of rotatable bonds is 7. The number of carbonyl (C=O) groups is 2. The summed E-state index contributed by atoms with van der Waals surface area (Å²) in [4.78, 5) is 36.5. The number of aromatic nitrogens is 4. The predicted molar refractivity (Wildman–Crippen MR) is 127 cm³/mol. The molecule has 180 valence electrons. The molecule has 4 aromatic heterocycles. The lowest BCUT2D eigenvalue weighted by molar-refractivity contribution is 0.0520. The van der Waals surface area contributed by atoms with Gasteiger partial charge in [0.05, 0.1) is 16.0 Å². The zero-order valence-corrected chi connectivity index (χ0v) is 20.1. The van der Waals surface area contributed by atoms with Crippen LogP contribution in [0, 0.1) is 0 Å². The molecule has 2 saturated carbocycles. The van der Waals surface area contributed by atoms with Crippen molar-refractivity contribution in [2.45, 2.75) is 57.7 Å². The van der Waals surface area contributed by atoms with Gasteiger partial charge in [0, 0.05) is 0 Å². The number of thiazole rings is 2. The van der Waals surface area contributed by atoms with E-state index in [1.807, 2.05) is 0 Å². The van der Waals surface area contributed by atoms with E-state index in [1.165, 1.54) is 35.5 Å². The van der Waals surface area contributed by atoms with Crippen LogP contribution in [0.25, 0.3) is 20.7 Å². The molecule has 2 fully saturated rings. The molecule has 12 heteroatoms. The van der Waals surface area contributed by atoms with Gasteiger partial charge in [-0.05, 0) is 57.6 Å². The molecule has 34 heavy (non-hydrogen) atoms. The maximum Gasteiger partial charge on any atom is 0.354 e.